The zero-order valence-electron chi connectivity index (χ0n) is 11.3. The molecule has 0 aromatic heterocycles. The van der Waals surface area contributed by atoms with E-state index < -0.39 is 0 Å². The number of nitrogens with one attached hydrogen (secondary N) is 1. The van der Waals surface area contributed by atoms with E-state index in [9.17, 15) is 0 Å². The van der Waals surface area contributed by atoms with Crippen LogP contribution in [-0.2, 0) is 4.74 Å². The van der Waals surface area contributed by atoms with Crippen LogP contribution in [0.4, 0.5) is 0 Å². The number of methoxy groups -OCH3 is 1. The third kappa shape index (κ3) is 4.11. The number of hydrogen-bond acceptors (Lipinski definition) is 3. The maximum Gasteiger partial charge on any atom is 0.0486 e. The van der Waals surface area contributed by atoms with Crippen molar-refractivity contribution in [2.24, 2.45) is 11.8 Å². The Morgan fingerprint density at radius 2 is 1.82 bits per heavy atom. The largest absolute Gasteiger partial charge is 0.385 e. The molecule has 2 atom stereocenters. The summed E-state index contributed by atoms with van der Waals surface area (Å²) >= 11 is 0. The fourth-order valence-corrected chi connectivity index (χ4v) is 2.25. The molecular weight excluding hydrogens is 212 g/mol. The van der Waals surface area contributed by atoms with E-state index in [0.717, 1.165) is 13.0 Å². The maximum absolute atomic E-state index is 5.69. The maximum atomic E-state index is 5.69. The zero-order chi connectivity index (χ0) is 12.8. The summed E-state index contributed by atoms with van der Waals surface area (Å²) in [5.41, 5.74) is 6.74. The first kappa shape index (κ1) is 14.2. The second kappa shape index (κ2) is 6.74. The van der Waals surface area contributed by atoms with Crippen LogP contribution in [0, 0.1) is 19.8 Å². The van der Waals surface area contributed by atoms with Gasteiger partial charge in [0.05, 0.1) is 0 Å². The Bertz CT molecular complexity index is 332. The first-order chi connectivity index (χ1) is 8.08. The predicted octanol–water partition coefficient (Wildman–Crippen LogP) is 2.48. The summed E-state index contributed by atoms with van der Waals surface area (Å²) in [6, 6.07) is 6.75. The summed E-state index contributed by atoms with van der Waals surface area (Å²) in [7, 11) is 1.73. The average molecular weight is 236 g/mol. The number of aryl methyl sites for hydroxylation is 2. The minimum Gasteiger partial charge on any atom is -0.385 e. The van der Waals surface area contributed by atoms with Crippen molar-refractivity contribution in [1.29, 1.82) is 0 Å². The molecule has 96 valence electrons. The second-order valence-corrected chi connectivity index (χ2v) is 4.82. The van der Waals surface area contributed by atoms with Crippen LogP contribution < -0.4 is 11.3 Å². The van der Waals surface area contributed by atoms with Gasteiger partial charge in [-0.1, -0.05) is 36.2 Å². The van der Waals surface area contributed by atoms with Crippen LogP contribution in [0.1, 0.15) is 36.1 Å². The van der Waals surface area contributed by atoms with Crippen molar-refractivity contribution in [1.82, 2.24) is 5.43 Å². The lowest BCUT2D eigenvalue weighted by molar-refractivity contribution is 0.170. The van der Waals surface area contributed by atoms with E-state index in [1.165, 1.54) is 16.7 Å². The molecule has 3 heteroatoms. The van der Waals surface area contributed by atoms with Gasteiger partial charge in [-0.05, 0) is 31.7 Å². The molecule has 0 aliphatic heterocycles. The fourth-order valence-electron chi connectivity index (χ4n) is 2.25. The van der Waals surface area contributed by atoms with Crippen LogP contribution in [0.25, 0.3) is 0 Å². The van der Waals surface area contributed by atoms with Crippen molar-refractivity contribution in [3.05, 3.63) is 34.9 Å². The monoisotopic (exact) mass is 236 g/mol. The van der Waals surface area contributed by atoms with E-state index in [-0.39, 0.29) is 6.04 Å². The molecule has 0 radical (unpaired) electrons. The molecule has 0 fully saturated rings. The standard InChI is InChI=1S/C14H24N2O/c1-10-7-11(2)9-13(8-10)14(16-15)12(3)5-6-17-4/h7-9,12,14,16H,5-6,15H2,1-4H3. The molecule has 0 heterocycles. The number of nitrogens with two attached hydrogens (primary N) is 1. The van der Waals surface area contributed by atoms with Crippen LogP contribution in [0.5, 0.6) is 0 Å². The van der Waals surface area contributed by atoms with Crippen LogP contribution in [-0.4, -0.2) is 13.7 Å². The van der Waals surface area contributed by atoms with E-state index >= 15 is 0 Å². The smallest absolute Gasteiger partial charge is 0.0486 e. The molecular formula is C14H24N2O. The summed E-state index contributed by atoms with van der Waals surface area (Å²) in [6.45, 7) is 7.19. The van der Waals surface area contributed by atoms with Crippen molar-refractivity contribution in [2.45, 2.75) is 33.2 Å². The lowest BCUT2D eigenvalue weighted by Gasteiger charge is -2.24. The molecule has 1 rings (SSSR count). The second-order valence-electron chi connectivity index (χ2n) is 4.82. The van der Waals surface area contributed by atoms with Crippen molar-refractivity contribution in [2.75, 3.05) is 13.7 Å². The van der Waals surface area contributed by atoms with Crippen LogP contribution in [0.3, 0.4) is 0 Å². The predicted molar refractivity (Wildman–Crippen MR) is 71.6 cm³/mol. The lowest BCUT2D eigenvalue weighted by atomic mass is 9.91. The highest BCUT2D eigenvalue weighted by molar-refractivity contribution is 5.30. The van der Waals surface area contributed by atoms with Crippen molar-refractivity contribution < 1.29 is 4.74 Å². The van der Waals surface area contributed by atoms with Crippen molar-refractivity contribution in [3.8, 4) is 0 Å². The van der Waals surface area contributed by atoms with E-state index in [4.69, 9.17) is 10.6 Å². The van der Waals surface area contributed by atoms with Crippen molar-refractivity contribution in [3.63, 3.8) is 0 Å². The minimum atomic E-state index is 0.184. The summed E-state index contributed by atoms with van der Waals surface area (Å²) in [5.74, 6) is 6.13. The molecule has 2 unspecified atom stereocenters. The minimum absolute atomic E-state index is 0.184. The Balaban J connectivity index is 2.84. The lowest BCUT2D eigenvalue weighted by Crippen LogP contribution is -2.33. The Kier molecular flexibility index (Phi) is 5.62. The highest BCUT2D eigenvalue weighted by Crippen LogP contribution is 2.25. The van der Waals surface area contributed by atoms with Gasteiger partial charge in [0.15, 0.2) is 0 Å². The number of rotatable bonds is 6. The van der Waals surface area contributed by atoms with E-state index in [2.05, 4.69) is 44.4 Å². The van der Waals surface area contributed by atoms with E-state index in [1.807, 2.05) is 0 Å². The van der Waals surface area contributed by atoms with Gasteiger partial charge in [-0.15, -0.1) is 0 Å². The highest BCUT2D eigenvalue weighted by atomic mass is 16.5. The van der Waals surface area contributed by atoms with Crippen LogP contribution in [0.15, 0.2) is 18.2 Å². The average Bonchev–Trinajstić information content (AvgIpc) is 2.26. The molecule has 0 saturated carbocycles. The third-order valence-electron chi connectivity index (χ3n) is 3.13. The van der Waals surface area contributed by atoms with Gasteiger partial charge in [-0.3, -0.25) is 11.3 Å². The SMILES string of the molecule is COCCC(C)C(NN)c1cc(C)cc(C)c1. The Hall–Kier alpha value is -0.900. The molecule has 0 amide bonds. The molecule has 0 saturated heterocycles. The highest BCUT2D eigenvalue weighted by Gasteiger charge is 2.18. The number of ether oxygens (including phenoxy) is 1. The topological polar surface area (TPSA) is 47.3 Å². The Labute approximate surface area is 104 Å². The Morgan fingerprint density at radius 3 is 2.29 bits per heavy atom. The number of hydrazine groups is 1. The summed E-state index contributed by atoms with van der Waals surface area (Å²) in [6.07, 6.45) is 0.998. The van der Waals surface area contributed by atoms with E-state index in [1.54, 1.807) is 7.11 Å². The van der Waals surface area contributed by atoms with Gasteiger partial charge in [0.1, 0.15) is 0 Å². The normalized spacial score (nSPS) is 14.6. The fraction of sp³-hybridized carbons (Fsp3) is 0.571. The quantitative estimate of drug-likeness (QED) is 0.589. The molecule has 0 aliphatic carbocycles. The zero-order valence-corrected chi connectivity index (χ0v) is 11.3. The molecule has 0 spiro atoms. The van der Waals surface area contributed by atoms with Gasteiger partial charge in [0, 0.05) is 19.8 Å². The summed E-state index contributed by atoms with van der Waals surface area (Å²) in [5, 5.41) is 0. The van der Waals surface area contributed by atoms with E-state index in [0.29, 0.717) is 5.92 Å². The molecule has 3 N–H and O–H groups in total. The molecule has 3 nitrogen and oxygen atoms in total. The first-order valence-corrected chi connectivity index (χ1v) is 6.11. The van der Waals surface area contributed by atoms with Gasteiger partial charge < -0.3 is 4.74 Å². The Morgan fingerprint density at radius 1 is 1.24 bits per heavy atom. The molecule has 1 aromatic carbocycles. The van der Waals surface area contributed by atoms with Crippen molar-refractivity contribution >= 4 is 0 Å². The summed E-state index contributed by atoms with van der Waals surface area (Å²) in [4.78, 5) is 0. The number of benzene rings is 1. The van der Waals surface area contributed by atoms with Gasteiger partial charge in [0.2, 0.25) is 0 Å². The summed E-state index contributed by atoms with van der Waals surface area (Å²) < 4.78 is 5.12. The van der Waals surface area contributed by atoms with Gasteiger partial charge in [-0.2, -0.15) is 0 Å². The van der Waals surface area contributed by atoms with Crippen LogP contribution in [0.2, 0.25) is 0 Å². The first-order valence-electron chi connectivity index (χ1n) is 6.11. The molecule has 1 aromatic rings. The third-order valence-corrected chi connectivity index (χ3v) is 3.13. The molecule has 0 aliphatic rings. The molecule has 17 heavy (non-hydrogen) atoms. The van der Waals surface area contributed by atoms with Gasteiger partial charge in [0.25, 0.3) is 0 Å². The number of hydrogen-bond donors (Lipinski definition) is 2. The van der Waals surface area contributed by atoms with Gasteiger partial charge in [-0.25, -0.2) is 0 Å². The van der Waals surface area contributed by atoms with Gasteiger partial charge >= 0.3 is 0 Å². The van der Waals surface area contributed by atoms with Crippen LogP contribution >= 0.6 is 0 Å². The molecule has 0 bridgehead atoms.